The van der Waals surface area contributed by atoms with E-state index in [1.54, 1.807) is 0 Å². The van der Waals surface area contributed by atoms with Crippen LogP contribution in [0.2, 0.25) is 25.7 Å². The summed E-state index contributed by atoms with van der Waals surface area (Å²) in [6.45, 7) is 7.18. The van der Waals surface area contributed by atoms with Gasteiger partial charge in [0, 0.05) is 14.7 Å². The van der Waals surface area contributed by atoms with Crippen molar-refractivity contribution in [1.82, 2.24) is 9.78 Å². The quantitative estimate of drug-likeness (QED) is 0.352. The lowest BCUT2D eigenvalue weighted by Gasteiger charge is -2.14. The molecule has 8 heteroatoms. The fourth-order valence-corrected chi connectivity index (χ4v) is 2.05. The maximum absolute atomic E-state index is 10.6. The predicted molar refractivity (Wildman–Crippen MR) is 68.9 cm³/mol. The van der Waals surface area contributed by atoms with Gasteiger partial charge in [-0.3, -0.25) is 0 Å². The fourth-order valence-electron chi connectivity index (χ4n) is 1.30. The minimum Gasteiger partial charge on any atom is -0.390 e. The molecular weight excluding hydrogens is 254 g/mol. The zero-order valence-corrected chi connectivity index (χ0v) is 11.9. The molecule has 0 spiro atoms. The van der Waals surface area contributed by atoms with Gasteiger partial charge >= 0.3 is 5.82 Å². The van der Waals surface area contributed by atoms with Gasteiger partial charge in [-0.05, 0) is 11.0 Å². The summed E-state index contributed by atoms with van der Waals surface area (Å²) in [4.78, 5) is 9.97. The molecule has 1 rings (SSSR count). The maximum Gasteiger partial charge on any atom is 0.390 e. The molecule has 1 N–H and O–H groups in total. The van der Waals surface area contributed by atoms with Crippen molar-refractivity contribution in [3.63, 3.8) is 0 Å². The second-order valence-electron chi connectivity index (χ2n) is 5.26. The Kier molecular flexibility index (Phi) is 5.00. The molecule has 0 aliphatic rings. The Hall–Kier alpha value is -1.25. The number of rotatable bonds is 7. The SMILES string of the molecule is C[Si](C)(C)CCOCn1nc([N+](=O)[O-])cc1CO. The van der Waals surface area contributed by atoms with Crippen LogP contribution in [0.3, 0.4) is 0 Å². The molecule has 0 unspecified atom stereocenters. The van der Waals surface area contributed by atoms with Crippen molar-refractivity contribution in [2.24, 2.45) is 0 Å². The Morgan fingerprint density at radius 2 is 2.22 bits per heavy atom. The van der Waals surface area contributed by atoms with Crippen LogP contribution in [-0.2, 0) is 18.1 Å². The van der Waals surface area contributed by atoms with Crippen LogP contribution in [0.5, 0.6) is 0 Å². The van der Waals surface area contributed by atoms with Crippen LogP contribution in [0.4, 0.5) is 5.82 Å². The molecule has 0 fully saturated rings. The minimum absolute atomic E-state index is 0.133. The highest BCUT2D eigenvalue weighted by molar-refractivity contribution is 6.76. The van der Waals surface area contributed by atoms with E-state index in [0.29, 0.717) is 12.3 Å². The van der Waals surface area contributed by atoms with E-state index in [1.807, 2.05) is 0 Å². The molecule has 1 aromatic rings. The summed E-state index contributed by atoms with van der Waals surface area (Å²) in [7, 11) is -1.14. The van der Waals surface area contributed by atoms with Crippen molar-refractivity contribution in [3.05, 3.63) is 21.9 Å². The number of hydrogen-bond acceptors (Lipinski definition) is 5. The van der Waals surface area contributed by atoms with E-state index in [-0.39, 0.29) is 19.2 Å². The summed E-state index contributed by atoms with van der Waals surface area (Å²) in [6, 6.07) is 2.27. The van der Waals surface area contributed by atoms with E-state index in [1.165, 1.54) is 10.7 Å². The van der Waals surface area contributed by atoms with Gasteiger partial charge in [-0.25, -0.2) is 0 Å². The third-order valence-corrected chi connectivity index (χ3v) is 4.11. The summed E-state index contributed by atoms with van der Waals surface area (Å²) < 4.78 is 6.75. The zero-order valence-electron chi connectivity index (χ0n) is 10.9. The van der Waals surface area contributed by atoms with Gasteiger partial charge in [-0.2, -0.15) is 0 Å². The third-order valence-electron chi connectivity index (χ3n) is 2.41. The molecule has 0 amide bonds. The molecule has 0 saturated heterocycles. The van der Waals surface area contributed by atoms with Crippen LogP contribution in [0, 0.1) is 10.1 Å². The van der Waals surface area contributed by atoms with Gasteiger partial charge in [0.2, 0.25) is 0 Å². The molecule has 0 aliphatic carbocycles. The van der Waals surface area contributed by atoms with E-state index in [4.69, 9.17) is 9.84 Å². The first-order valence-corrected chi connectivity index (χ1v) is 9.44. The molecule has 0 radical (unpaired) electrons. The topological polar surface area (TPSA) is 90.4 Å². The normalized spacial score (nSPS) is 11.8. The summed E-state index contributed by atoms with van der Waals surface area (Å²) in [5.74, 6) is -0.271. The van der Waals surface area contributed by atoms with Crippen molar-refractivity contribution in [1.29, 1.82) is 0 Å². The molecule has 7 nitrogen and oxygen atoms in total. The lowest BCUT2D eigenvalue weighted by Crippen LogP contribution is -2.22. The molecule has 0 aliphatic heterocycles. The molecular formula is C10H19N3O4Si. The summed E-state index contributed by atoms with van der Waals surface area (Å²) in [5.41, 5.74) is 0.384. The number of ether oxygens (including phenoxy) is 1. The highest BCUT2D eigenvalue weighted by Crippen LogP contribution is 2.13. The van der Waals surface area contributed by atoms with Crippen LogP contribution < -0.4 is 0 Å². The van der Waals surface area contributed by atoms with E-state index < -0.39 is 13.0 Å². The predicted octanol–water partition coefficient (Wildman–Crippen LogP) is 1.60. The van der Waals surface area contributed by atoms with Crippen LogP contribution in [0.15, 0.2) is 6.07 Å². The molecule has 0 saturated carbocycles. The molecule has 18 heavy (non-hydrogen) atoms. The Bertz CT molecular complexity index is 414. The molecule has 1 heterocycles. The maximum atomic E-state index is 10.6. The average Bonchev–Trinajstić information content (AvgIpc) is 2.66. The highest BCUT2D eigenvalue weighted by Gasteiger charge is 2.18. The van der Waals surface area contributed by atoms with E-state index >= 15 is 0 Å². The average molecular weight is 273 g/mol. The zero-order chi connectivity index (χ0) is 13.8. The van der Waals surface area contributed by atoms with Gasteiger partial charge in [0.05, 0.1) is 23.5 Å². The molecule has 0 atom stereocenters. The highest BCUT2D eigenvalue weighted by atomic mass is 28.3. The fraction of sp³-hybridized carbons (Fsp3) is 0.700. The van der Waals surface area contributed by atoms with Gasteiger partial charge in [-0.15, -0.1) is 4.68 Å². The first-order valence-electron chi connectivity index (χ1n) is 5.73. The minimum atomic E-state index is -1.14. The lowest BCUT2D eigenvalue weighted by molar-refractivity contribution is -0.389. The summed E-state index contributed by atoms with van der Waals surface area (Å²) in [5, 5.41) is 23.4. The summed E-state index contributed by atoms with van der Waals surface area (Å²) in [6.07, 6.45) is 0. The Balaban J connectivity index is 2.53. The molecule has 0 aromatic carbocycles. The van der Waals surface area contributed by atoms with Gasteiger partial charge in [0.15, 0.2) is 6.73 Å². The molecule has 102 valence electrons. The lowest BCUT2D eigenvalue weighted by atomic mass is 10.4. The Labute approximate surface area is 107 Å². The van der Waals surface area contributed by atoms with Crippen molar-refractivity contribution in [2.75, 3.05) is 6.61 Å². The smallest absolute Gasteiger partial charge is 0.390 e. The molecule has 1 aromatic heterocycles. The second-order valence-corrected chi connectivity index (χ2v) is 10.9. The second kappa shape index (κ2) is 6.07. The Morgan fingerprint density at radius 1 is 1.56 bits per heavy atom. The number of nitro groups is 1. The van der Waals surface area contributed by atoms with Crippen molar-refractivity contribution >= 4 is 13.9 Å². The standard InChI is InChI=1S/C10H19N3O4Si/c1-18(2,3)5-4-17-8-12-9(7-14)6-10(11-12)13(15)16/h6,14H,4-5,7-8H2,1-3H3. The number of aromatic nitrogens is 2. The number of hydrogen-bond donors (Lipinski definition) is 1. The first-order chi connectivity index (χ1) is 8.33. The van der Waals surface area contributed by atoms with Crippen molar-refractivity contribution in [3.8, 4) is 0 Å². The van der Waals surface area contributed by atoms with Crippen molar-refractivity contribution < 1.29 is 14.8 Å². The van der Waals surface area contributed by atoms with Crippen LogP contribution in [0.1, 0.15) is 5.69 Å². The summed E-state index contributed by atoms with van der Waals surface area (Å²) >= 11 is 0. The van der Waals surface area contributed by atoms with Gasteiger partial charge in [-0.1, -0.05) is 19.6 Å². The first kappa shape index (κ1) is 14.8. The van der Waals surface area contributed by atoms with Crippen LogP contribution >= 0.6 is 0 Å². The number of aliphatic hydroxyl groups is 1. The van der Waals surface area contributed by atoms with E-state index in [0.717, 1.165) is 6.04 Å². The number of nitrogens with zero attached hydrogens (tertiary/aromatic N) is 3. The number of aliphatic hydroxyl groups excluding tert-OH is 1. The Morgan fingerprint density at radius 3 is 2.72 bits per heavy atom. The largest absolute Gasteiger partial charge is 0.390 e. The van der Waals surface area contributed by atoms with Crippen LogP contribution in [0.25, 0.3) is 0 Å². The van der Waals surface area contributed by atoms with Gasteiger partial charge in [0.1, 0.15) is 0 Å². The van der Waals surface area contributed by atoms with Crippen molar-refractivity contribution in [2.45, 2.75) is 39.0 Å². The van der Waals surface area contributed by atoms with E-state index in [2.05, 4.69) is 24.7 Å². The molecule has 0 bridgehead atoms. The third kappa shape index (κ3) is 4.55. The monoisotopic (exact) mass is 273 g/mol. The van der Waals surface area contributed by atoms with E-state index in [9.17, 15) is 10.1 Å². The van der Waals surface area contributed by atoms with Gasteiger partial charge in [0.25, 0.3) is 0 Å². The van der Waals surface area contributed by atoms with Crippen LogP contribution in [-0.4, -0.2) is 34.5 Å². The van der Waals surface area contributed by atoms with Gasteiger partial charge < -0.3 is 20.0 Å².